The van der Waals surface area contributed by atoms with E-state index in [0.717, 1.165) is 42.4 Å². The Bertz CT molecular complexity index is 1210. The molecule has 1 saturated carbocycles. The summed E-state index contributed by atoms with van der Waals surface area (Å²) in [6.45, 7) is 0.218. The van der Waals surface area contributed by atoms with E-state index in [1.54, 1.807) is 29.2 Å². The van der Waals surface area contributed by atoms with E-state index in [2.05, 4.69) is 5.32 Å². The lowest BCUT2D eigenvalue weighted by molar-refractivity contribution is -0.141. The van der Waals surface area contributed by atoms with Gasteiger partial charge in [-0.3, -0.25) is 9.59 Å². The van der Waals surface area contributed by atoms with Crippen LogP contribution >= 0.6 is 34.8 Å². The van der Waals surface area contributed by atoms with Crippen molar-refractivity contribution in [3.8, 4) is 0 Å². The van der Waals surface area contributed by atoms with Crippen molar-refractivity contribution in [3.05, 3.63) is 105 Å². The van der Waals surface area contributed by atoms with E-state index >= 15 is 0 Å². The van der Waals surface area contributed by atoms with Crippen molar-refractivity contribution in [3.63, 3.8) is 0 Å². The van der Waals surface area contributed by atoms with E-state index in [1.807, 2.05) is 48.5 Å². The maximum Gasteiger partial charge on any atom is 0.243 e. The molecular weight excluding hydrogens is 527 g/mol. The minimum atomic E-state index is -0.698. The summed E-state index contributed by atoms with van der Waals surface area (Å²) in [5.41, 5.74) is 2.50. The Morgan fingerprint density at radius 3 is 2.22 bits per heavy atom. The average molecular weight is 558 g/mol. The van der Waals surface area contributed by atoms with Crippen LogP contribution < -0.4 is 5.32 Å². The Balaban J connectivity index is 1.67. The molecule has 1 fully saturated rings. The van der Waals surface area contributed by atoms with Gasteiger partial charge in [-0.1, -0.05) is 109 Å². The predicted molar refractivity (Wildman–Crippen MR) is 151 cm³/mol. The first-order chi connectivity index (χ1) is 17.9. The van der Waals surface area contributed by atoms with Crippen LogP contribution in [0.5, 0.6) is 0 Å². The van der Waals surface area contributed by atoms with E-state index in [0.29, 0.717) is 21.5 Å². The van der Waals surface area contributed by atoms with Crippen LogP contribution in [0.4, 0.5) is 0 Å². The molecule has 0 unspecified atom stereocenters. The number of carbonyl (C=O) groups is 2. The highest BCUT2D eigenvalue weighted by Crippen LogP contribution is 2.25. The second-order valence-corrected chi connectivity index (χ2v) is 10.8. The Morgan fingerprint density at radius 1 is 0.811 bits per heavy atom. The molecule has 7 heteroatoms. The zero-order valence-corrected chi connectivity index (χ0v) is 22.9. The second kappa shape index (κ2) is 13.3. The molecule has 1 atom stereocenters. The highest BCUT2D eigenvalue weighted by Gasteiger charge is 2.32. The van der Waals surface area contributed by atoms with E-state index < -0.39 is 6.04 Å². The molecular formula is C30H31Cl3N2O2. The summed E-state index contributed by atoms with van der Waals surface area (Å²) in [5, 5.41) is 4.63. The topological polar surface area (TPSA) is 49.4 Å². The molecule has 3 aromatic carbocycles. The Morgan fingerprint density at radius 2 is 1.51 bits per heavy atom. The third-order valence-corrected chi connectivity index (χ3v) is 7.97. The molecule has 0 spiro atoms. The molecule has 3 aromatic rings. The summed E-state index contributed by atoms with van der Waals surface area (Å²) >= 11 is 18.8. The van der Waals surface area contributed by atoms with Gasteiger partial charge in [-0.2, -0.15) is 0 Å². The van der Waals surface area contributed by atoms with Crippen molar-refractivity contribution < 1.29 is 9.59 Å². The van der Waals surface area contributed by atoms with Crippen LogP contribution in [-0.4, -0.2) is 28.8 Å². The number of benzene rings is 3. The smallest absolute Gasteiger partial charge is 0.243 e. The van der Waals surface area contributed by atoms with Gasteiger partial charge in [-0.25, -0.2) is 0 Å². The van der Waals surface area contributed by atoms with Crippen LogP contribution in [0.25, 0.3) is 0 Å². The number of hydrogen-bond acceptors (Lipinski definition) is 2. The Hall–Kier alpha value is -2.53. The number of nitrogens with one attached hydrogen (secondary N) is 1. The molecule has 0 heterocycles. The van der Waals surface area contributed by atoms with Crippen molar-refractivity contribution in [2.75, 3.05) is 0 Å². The molecule has 0 aliphatic heterocycles. The number of amides is 2. The zero-order chi connectivity index (χ0) is 26.2. The SMILES string of the molecule is O=C(NC1CCCCC1)[C@@H](Cc1ccccc1)N(Cc1ccccc1Cl)C(=O)Cc1ccc(Cl)c(Cl)c1. The molecule has 0 radical (unpaired) electrons. The van der Waals surface area contributed by atoms with Crippen molar-refractivity contribution in [2.24, 2.45) is 0 Å². The zero-order valence-electron chi connectivity index (χ0n) is 20.6. The number of hydrogen-bond donors (Lipinski definition) is 1. The third-order valence-electron chi connectivity index (χ3n) is 6.86. The number of nitrogens with zero attached hydrogens (tertiary/aromatic N) is 1. The largest absolute Gasteiger partial charge is 0.352 e. The molecule has 4 nitrogen and oxygen atoms in total. The Kier molecular flexibility index (Phi) is 9.90. The van der Waals surface area contributed by atoms with Gasteiger partial charge in [0.15, 0.2) is 0 Å². The predicted octanol–water partition coefficient (Wildman–Crippen LogP) is 7.28. The molecule has 1 aliphatic carbocycles. The monoisotopic (exact) mass is 556 g/mol. The van der Waals surface area contributed by atoms with Gasteiger partial charge in [0.05, 0.1) is 16.5 Å². The van der Waals surface area contributed by atoms with Crippen LogP contribution in [0.1, 0.15) is 48.8 Å². The van der Waals surface area contributed by atoms with Crippen LogP contribution in [0.2, 0.25) is 15.1 Å². The lowest BCUT2D eigenvalue weighted by Gasteiger charge is -2.34. The number of halogens is 3. The van der Waals surface area contributed by atoms with E-state index in [1.165, 1.54) is 6.42 Å². The summed E-state index contributed by atoms with van der Waals surface area (Å²) < 4.78 is 0. The minimum Gasteiger partial charge on any atom is -0.352 e. The van der Waals surface area contributed by atoms with Crippen LogP contribution in [0.15, 0.2) is 72.8 Å². The van der Waals surface area contributed by atoms with E-state index in [9.17, 15) is 9.59 Å². The number of rotatable bonds is 9. The summed E-state index contributed by atoms with van der Waals surface area (Å²) in [7, 11) is 0. The first-order valence-electron chi connectivity index (χ1n) is 12.7. The molecule has 0 aromatic heterocycles. The Labute approximate surface area is 233 Å². The van der Waals surface area contributed by atoms with Gasteiger partial charge in [0.1, 0.15) is 6.04 Å². The van der Waals surface area contributed by atoms with Crippen molar-refractivity contribution in [1.82, 2.24) is 10.2 Å². The van der Waals surface area contributed by atoms with Gasteiger partial charge in [0.25, 0.3) is 0 Å². The van der Waals surface area contributed by atoms with E-state index in [-0.39, 0.29) is 30.8 Å². The molecule has 4 rings (SSSR count). The highest BCUT2D eigenvalue weighted by molar-refractivity contribution is 6.42. The lowest BCUT2D eigenvalue weighted by atomic mass is 9.94. The third kappa shape index (κ3) is 7.73. The quantitative estimate of drug-likeness (QED) is 0.301. The van der Waals surface area contributed by atoms with Crippen LogP contribution in [0.3, 0.4) is 0 Å². The van der Waals surface area contributed by atoms with E-state index in [4.69, 9.17) is 34.8 Å². The van der Waals surface area contributed by atoms with Gasteiger partial charge in [0.2, 0.25) is 11.8 Å². The highest BCUT2D eigenvalue weighted by atomic mass is 35.5. The van der Waals surface area contributed by atoms with Gasteiger partial charge >= 0.3 is 0 Å². The standard InChI is InChI=1S/C30H31Cl3N2O2/c31-25-14-8-7-11-23(25)20-35(29(36)19-22-15-16-26(32)27(33)17-22)28(18-21-9-3-1-4-10-21)30(37)34-24-12-5-2-6-13-24/h1,3-4,7-11,14-17,24,28H,2,5-6,12-13,18-20H2,(H,34,37)/t28-/m1/s1. The van der Waals surface area contributed by atoms with Crippen molar-refractivity contribution in [2.45, 2.75) is 63.6 Å². The van der Waals surface area contributed by atoms with Crippen molar-refractivity contribution >= 4 is 46.6 Å². The van der Waals surface area contributed by atoms with Gasteiger partial charge in [-0.15, -0.1) is 0 Å². The molecule has 0 saturated heterocycles. The molecule has 37 heavy (non-hydrogen) atoms. The second-order valence-electron chi connectivity index (χ2n) is 9.59. The van der Waals surface area contributed by atoms with Gasteiger partial charge in [-0.05, 0) is 47.7 Å². The molecule has 1 aliphatic rings. The van der Waals surface area contributed by atoms with Gasteiger partial charge in [0, 0.05) is 24.0 Å². The number of carbonyl (C=O) groups excluding carboxylic acids is 2. The first kappa shape index (κ1) is 27.5. The van der Waals surface area contributed by atoms with Crippen LogP contribution in [0, 0.1) is 0 Å². The first-order valence-corrected chi connectivity index (χ1v) is 13.8. The van der Waals surface area contributed by atoms with Crippen molar-refractivity contribution in [1.29, 1.82) is 0 Å². The average Bonchev–Trinajstić information content (AvgIpc) is 2.90. The summed E-state index contributed by atoms with van der Waals surface area (Å²) in [6, 6.07) is 21.8. The minimum absolute atomic E-state index is 0.0866. The van der Waals surface area contributed by atoms with Crippen LogP contribution in [-0.2, 0) is 29.0 Å². The maximum absolute atomic E-state index is 13.9. The lowest BCUT2D eigenvalue weighted by Crippen LogP contribution is -2.53. The molecule has 1 N–H and O–H groups in total. The fourth-order valence-corrected chi connectivity index (χ4v) is 5.35. The summed E-state index contributed by atoms with van der Waals surface area (Å²) in [4.78, 5) is 29.4. The normalized spacial score (nSPS) is 14.7. The molecule has 2 amide bonds. The fourth-order valence-electron chi connectivity index (χ4n) is 4.83. The molecule has 0 bridgehead atoms. The molecule has 194 valence electrons. The maximum atomic E-state index is 13.9. The van der Waals surface area contributed by atoms with Gasteiger partial charge < -0.3 is 10.2 Å². The fraction of sp³-hybridized carbons (Fsp3) is 0.333. The summed E-state index contributed by atoms with van der Waals surface area (Å²) in [5.74, 6) is -0.316. The summed E-state index contributed by atoms with van der Waals surface area (Å²) in [6.07, 6.45) is 5.82.